The van der Waals surface area contributed by atoms with Crippen molar-refractivity contribution in [3.8, 4) is 0 Å². The quantitative estimate of drug-likeness (QED) is 0.0373. The molecule has 0 aliphatic carbocycles. The smallest absolute Gasteiger partial charge is 0.312 e. The van der Waals surface area contributed by atoms with Crippen molar-refractivity contribution in [2.45, 2.75) is 85.9 Å². The highest BCUT2D eigenvalue weighted by atomic mass is 16.6. The molecule has 2 unspecified atom stereocenters. The van der Waals surface area contributed by atoms with Crippen LogP contribution in [0.4, 0.5) is 4.79 Å². The molecule has 1 aromatic carbocycles. The van der Waals surface area contributed by atoms with Crippen molar-refractivity contribution in [2.24, 2.45) is 23.1 Å². The number of carbonyl (C=O) groups is 6. The van der Waals surface area contributed by atoms with Gasteiger partial charge in [-0.1, -0.05) is 71.9 Å². The summed E-state index contributed by atoms with van der Waals surface area (Å²) in [6.45, 7) is 21.6. The number of primary amides is 2. The zero-order valence-electron chi connectivity index (χ0n) is 41.6. The maximum Gasteiger partial charge on any atom is 0.312 e. The molecular formula is C45H91N9O11. The van der Waals surface area contributed by atoms with Crippen LogP contribution in [0.1, 0.15) is 72.8 Å². The summed E-state index contributed by atoms with van der Waals surface area (Å²) in [6.07, 6.45) is 3.76. The van der Waals surface area contributed by atoms with E-state index in [2.05, 4.69) is 35.8 Å². The van der Waals surface area contributed by atoms with Gasteiger partial charge >= 0.3 is 6.03 Å². The molecule has 0 radical (unpaired) electrons. The number of hydrogen-bond donors (Lipinski definition) is 7. The van der Waals surface area contributed by atoms with Crippen LogP contribution in [0.25, 0.3) is 0 Å². The second kappa shape index (κ2) is 57.9. The molecule has 0 aromatic heterocycles. The first kappa shape index (κ1) is 69.9. The number of ether oxygens (including phenoxy) is 5. The normalized spacial score (nSPS) is 10.9. The van der Waals surface area contributed by atoms with E-state index in [9.17, 15) is 28.8 Å². The average molecular weight is 934 g/mol. The van der Waals surface area contributed by atoms with E-state index in [1.54, 1.807) is 14.1 Å². The van der Waals surface area contributed by atoms with Crippen LogP contribution in [0, 0.1) is 5.92 Å². The van der Waals surface area contributed by atoms with Gasteiger partial charge in [0.2, 0.25) is 11.8 Å². The highest BCUT2D eigenvalue weighted by molar-refractivity contribution is 5.79. The highest BCUT2D eigenvalue weighted by Gasteiger charge is 2.11. The number of urea groups is 1. The summed E-state index contributed by atoms with van der Waals surface area (Å²) in [5.41, 5.74) is 16.6. The van der Waals surface area contributed by atoms with Crippen LogP contribution in [0.3, 0.4) is 0 Å². The van der Waals surface area contributed by atoms with Gasteiger partial charge in [-0.25, -0.2) is 4.79 Å². The van der Waals surface area contributed by atoms with Crippen LogP contribution < -0.4 is 38.5 Å². The SMILES string of the molecule is CC.CC.CN(C)CCN(CCN)CCNC(=O)CCOCCOCCOCCOCCC=O.CNC(C=O)C(C)C.CNC(CCCNC(N)=O)C(N)=O.O=COCc1ccccc1. The molecule has 10 N–H and O–H groups in total. The van der Waals surface area contributed by atoms with Gasteiger partial charge in [0.15, 0.2) is 0 Å². The van der Waals surface area contributed by atoms with E-state index in [1.807, 2.05) is 86.0 Å². The second-order valence-corrected chi connectivity index (χ2v) is 13.7. The molecule has 0 aliphatic heterocycles. The van der Waals surface area contributed by atoms with E-state index >= 15 is 0 Å². The fourth-order valence-corrected chi connectivity index (χ4v) is 4.57. The van der Waals surface area contributed by atoms with Gasteiger partial charge in [-0.2, -0.15) is 0 Å². The largest absolute Gasteiger partial charge is 0.463 e. The third-order valence-corrected chi connectivity index (χ3v) is 8.05. The lowest BCUT2D eigenvalue weighted by molar-refractivity contribution is -0.130. The maximum absolute atomic E-state index is 11.8. The molecule has 0 fully saturated rings. The minimum atomic E-state index is -0.555. The summed E-state index contributed by atoms with van der Waals surface area (Å²) in [7, 11) is 7.53. The standard InChI is InChI=1S/C20H42N4O6.C8H8O2.C7H16N4O2.C6H13NO.2C2H6/c1-23(2)9-10-24(7-5-21)8-6-22-20(26)4-13-28-15-17-30-19-18-29-16-14-27-12-3-11-25;9-7-10-6-8-4-2-1-3-5-8;1-10-5(6(8)12)3-2-4-11-7(9)13;1-5(2)6(4-8)7-3;2*1-2/h11H,3-10,12-19,21H2,1-2H3,(H,22,26);1-5,7H,6H2;5,10H,2-4H2,1H3,(H2,8,12)(H3,9,11,13);4-7H,1-3H3;2*1-2H3. The Labute approximate surface area is 391 Å². The van der Waals surface area contributed by atoms with E-state index in [0.717, 1.165) is 44.3 Å². The number of amides is 4. The minimum absolute atomic E-state index is 0.0139. The zero-order chi connectivity index (χ0) is 50.4. The molecule has 0 saturated heterocycles. The van der Waals surface area contributed by atoms with Crippen molar-refractivity contribution in [2.75, 3.05) is 127 Å². The van der Waals surface area contributed by atoms with Gasteiger partial charge in [-0.05, 0) is 52.5 Å². The van der Waals surface area contributed by atoms with Crippen molar-refractivity contribution < 1.29 is 52.5 Å². The predicted molar refractivity (Wildman–Crippen MR) is 258 cm³/mol. The van der Waals surface area contributed by atoms with Gasteiger partial charge in [0.05, 0.1) is 64.9 Å². The number of aldehydes is 2. The summed E-state index contributed by atoms with van der Waals surface area (Å²) >= 11 is 0. The first-order valence-corrected chi connectivity index (χ1v) is 22.6. The molecule has 0 saturated carbocycles. The molecule has 382 valence electrons. The average Bonchev–Trinajstić information content (AvgIpc) is 3.30. The number of nitrogens with one attached hydrogen (secondary N) is 4. The topological polar surface area (TPSA) is 281 Å². The third kappa shape index (κ3) is 57.9. The van der Waals surface area contributed by atoms with Crippen molar-refractivity contribution in [3.63, 3.8) is 0 Å². The highest BCUT2D eigenvalue weighted by Crippen LogP contribution is 1.99. The van der Waals surface area contributed by atoms with E-state index in [4.69, 9.17) is 36.1 Å². The van der Waals surface area contributed by atoms with Gasteiger partial charge in [0.1, 0.15) is 19.2 Å². The summed E-state index contributed by atoms with van der Waals surface area (Å²) in [5.74, 6) is -0.000868. The molecule has 0 bridgehead atoms. The number of nitrogens with zero attached hydrogens (tertiary/aromatic N) is 2. The summed E-state index contributed by atoms with van der Waals surface area (Å²) < 4.78 is 25.8. The van der Waals surface area contributed by atoms with E-state index in [0.29, 0.717) is 117 Å². The molecule has 4 amide bonds. The molecule has 0 heterocycles. The van der Waals surface area contributed by atoms with Crippen molar-refractivity contribution in [1.82, 2.24) is 31.1 Å². The van der Waals surface area contributed by atoms with Crippen LogP contribution in [0.5, 0.6) is 0 Å². The van der Waals surface area contributed by atoms with Crippen LogP contribution in [0.2, 0.25) is 0 Å². The fourth-order valence-electron chi connectivity index (χ4n) is 4.57. The summed E-state index contributed by atoms with van der Waals surface area (Å²) in [5, 5.41) is 11.0. The van der Waals surface area contributed by atoms with Crippen molar-refractivity contribution >= 4 is 36.9 Å². The Morgan fingerprint density at radius 3 is 1.69 bits per heavy atom. The predicted octanol–water partition coefficient (Wildman–Crippen LogP) is 1.32. The molecule has 2 atom stereocenters. The van der Waals surface area contributed by atoms with Crippen molar-refractivity contribution in [3.05, 3.63) is 35.9 Å². The van der Waals surface area contributed by atoms with Crippen LogP contribution >= 0.6 is 0 Å². The molecular weight excluding hydrogens is 843 g/mol. The van der Waals surface area contributed by atoms with Crippen LogP contribution in [-0.4, -0.2) is 186 Å². The summed E-state index contributed by atoms with van der Waals surface area (Å²) in [6, 6.07) is 8.68. The van der Waals surface area contributed by atoms with Crippen LogP contribution in [0.15, 0.2) is 30.3 Å². The molecule has 0 spiro atoms. The lowest BCUT2D eigenvalue weighted by Gasteiger charge is -2.23. The number of hydrogen-bond acceptors (Lipinski definition) is 16. The molecule has 1 rings (SSSR count). The zero-order valence-corrected chi connectivity index (χ0v) is 41.6. The Hall–Kier alpha value is -4.12. The van der Waals surface area contributed by atoms with E-state index in [-0.39, 0.29) is 23.9 Å². The lowest BCUT2D eigenvalue weighted by Crippen LogP contribution is -2.40. The van der Waals surface area contributed by atoms with Gasteiger partial charge in [-0.15, -0.1) is 0 Å². The van der Waals surface area contributed by atoms with Gasteiger partial charge < -0.3 is 76.6 Å². The first-order chi connectivity index (χ1) is 31.3. The maximum atomic E-state index is 11.8. The molecule has 0 aliphatic rings. The monoisotopic (exact) mass is 934 g/mol. The number of nitrogens with two attached hydrogens (primary N) is 3. The summed E-state index contributed by atoms with van der Waals surface area (Å²) in [4.78, 5) is 67.2. The number of benzene rings is 1. The van der Waals surface area contributed by atoms with Crippen LogP contribution in [-0.2, 0) is 54.3 Å². The molecule has 20 nitrogen and oxygen atoms in total. The van der Waals surface area contributed by atoms with Gasteiger partial charge in [-0.3, -0.25) is 19.3 Å². The van der Waals surface area contributed by atoms with Gasteiger partial charge in [0.25, 0.3) is 6.47 Å². The van der Waals surface area contributed by atoms with Crippen molar-refractivity contribution in [1.29, 1.82) is 0 Å². The molecule has 20 heteroatoms. The van der Waals surface area contributed by atoms with Gasteiger partial charge in [0, 0.05) is 58.7 Å². The third-order valence-electron chi connectivity index (χ3n) is 8.05. The Balaban J connectivity index is -0.000000279. The Bertz CT molecular complexity index is 1190. The van der Waals surface area contributed by atoms with E-state index < -0.39 is 6.03 Å². The Morgan fingerprint density at radius 1 is 0.723 bits per heavy atom. The number of carbonyl (C=O) groups excluding carboxylic acids is 6. The van der Waals surface area contributed by atoms with E-state index in [1.165, 1.54) is 0 Å². The minimum Gasteiger partial charge on any atom is -0.463 e. The first-order valence-electron chi connectivity index (χ1n) is 22.6. The molecule has 1 aromatic rings. The fraction of sp³-hybridized carbons (Fsp3) is 0.733. The molecule has 65 heavy (non-hydrogen) atoms. The number of rotatable bonds is 35. The number of likely N-dealkylation sites (N-methyl/N-ethyl adjacent to an activating group) is 3. The Morgan fingerprint density at radius 2 is 1.28 bits per heavy atom. The lowest BCUT2D eigenvalue weighted by atomic mass is 10.1. The Kier molecular flexibility index (Phi) is 62.3. The second-order valence-electron chi connectivity index (χ2n) is 13.7.